The lowest BCUT2D eigenvalue weighted by atomic mass is 10.1. The molecule has 12 nitrogen and oxygen atoms in total. The molecule has 2 heterocycles. The zero-order chi connectivity index (χ0) is 35.5. The van der Waals surface area contributed by atoms with Crippen molar-refractivity contribution in [3.05, 3.63) is 77.5 Å². The Labute approximate surface area is 294 Å². The molecule has 1 aliphatic rings. The molecule has 12 heteroatoms. The smallest absolute Gasteiger partial charge is 0.262 e. The monoisotopic (exact) mass is 684 g/mol. The summed E-state index contributed by atoms with van der Waals surface area (Å²) in [4.78, 5) is 27.7. The highest BCUT2D eigenvalue weighted by Crippen LogP contribution is 2.41. The normalized spacial score (nSPS) is 13.4. The molecule has 0 bridgehead atoms. The summed E-state index contributed by atoms with van der Waals surface area (Å²) >= 11 is 0. The zero-order valence-electron chi connectivity index (χ0n) is 29.9. The van der Waals surface area contributed by atoms with Crippen molar-refractivity contribution in [3.63, 3.8) is 0 Å². The van der Waals surface area contributed by atoms with Gasteiger partial charge in [0.25, 0.3) is 5.91 Å². The number of hydrogen-bond acceptors (Lipinski definition) is 11. The largest absolute Gasteiger partial charge is 0.493 e. The number of aryl methyl sites for hydroxylation is 2. The molecule has 0 spiro atoms. The summed E-state index contributed by atoms with van der Waals surface area (Å²) in [6.45, 7) is 12.2. The van der Waals surface area contributed by atoms with E-state index in [2.05, 4.69) is 37.4 Å². The van der Waals surface area contributed by atoms with Gasteiger partial charge < -0.3 is 44.1 Å². The van der Waals surface area contributed by atoms with E-state index in [9.17, 15) is 4.79 Å². The fourth-order valence-corrected chi connectivity index (χ4v) is 5.60. The van der Waals surface area contributed by atoms with E-state index in [4.69, 9.17) is 23.7 Å². The number of hydrogen-bond donors (Lipinski definition) is 2. The molecule has 0 radical (unpaired) electrons. The van der Waals surface area contributed by atoms with Crippen LogP contribution in [-0.2, 0) is 0 Å². The lowest BCUT2D eigenvalue weighted by Gasteiger charge is -2.32. The summed E-state index contributed by atoms with van der Waals surface area (Å²) in [5.74, 6) is 2.30. The minimum Gasteiger partial charge on any atom is -0.493 e. The second kappa shape index (κ2) is 17.5. The van der Waals surface area contributed by atoms with Gasteiger partial charge in [-0.2, -0.15) is 4.98 Å². The van der Waals surface area contributed by atoms with Gasteiger partial charge in [0.05, 0.1) is 27.4 Å². The lowest BCUT2D eigenvalue weighted by molar-refractivity contribution is 0.102. The van der Waals surface area contributed by atoms with Gasteiger partial charge in [0, 0.05) is 62.4 Å². The van der Waals surface area contributed by atoms with Crippen LogP contribution in [0.2, 0.25) is 0 Å². The van der Waals surface area contributed by atoms with Gasteiger partial charge in [-0.1, -0.05) is 37.3 Å². The molecule has 1 fully saturated rings. The highest BCUT2D eigenvalue weighted by atomic mass is 16.5. The Morgan fingerprint density at radius 2 is 1.56 bits per heavy atom. The first-order valence-electron chi connectivity index (χ1n) is 17.0. The van der Waals surface area contributed by atoms with Crippen molar-refractivity contribution in [1.29, 1.82) is 0 Å². The van der Waals surface area contributed by atoms with E-state index in [-0.39, 0.29) is 17.4 Å². The van der Waals surface area contributed by atoms with Gasteiger partial charge in [-0.05, 0) is 57.0 Å². The molecule has 0 atom stereocenters. The number of amides is 1. The minimum atomic E-state index is -0.408. The quantitative estimate of drug-likeness (QED) is 0.123. The van der Waals surface area contributed by atoms with Crippen molar-refractivity contribution in [1.82, 2.24) is 19.8 Å². The number of benzene rings is 3. The van der Waals surface area contributed by atoms with Crippen molar-refractivity contribution in [2.75, 3.05) is 77.8 Å². The summed E-state index contributed by atoms with van der Waals surface area (Å²) in [7, 11) is 5.31. The topological polar surface area (TPSA) is 120 Å². The van der Waals surface area contributed by atoms with E-state index in [1.54, 1.807) is 26.4 Å². The maximum absolute atomic E-state index is 13.7. The maximum atomic E-state index is 13.7. The van der Waals surface area contributed by atoms with Crippen molar-refractivity contribution in [3.8, 4) is 34.6 Å². The predicted molar refractivity (Wildman–Crippen MR) is 195 cm³/mol. The Hall–Kier alpha value is -5.07. The van der Waals surface area contributed by atoms with Gasteiger partial charge in [-0.15, -0.1) is 0 Å². The SMILES string of the molecule is CCCOc1ccccc1Oc1nc(Nc2cc(OC)c(OC)c(OCCCN3CCN(C)CC3)c2)ncc1C(=O)Nc1c(C)cccc1C. The van der Waals surface area contributed by atoms with E-state index < -0.39 is 5.91 Å². The molecule has 1 aliphatic heterocycles. The van der Waals surface area contributed by atoms with Crippen LogP contribution in [-0.4, -0.2) is 92.9 Å². The predicted octanol–water partition coefficient (Wildman–Crippen LogP) is 6.70. The Balaban J connectivity index is 1.41. The number of anilines is 3. The lowest BCUT2D eigenvalue weighted by Crippen LogP contribution is -2.44. The number of carbonyl (C=O) groups excluding carboxylic acids is 1. The van der Waals surface area contributed by atoms with Crippen LogP contribution in [0.5, 0.6) is 34.6 Å². The van der Waals surface area contributed by atoms with E-state index in [1.165, 1.54) is 6.20 Å². The maximum Gasteiger partial charge on any atom is 0.262 e. The number of piperazine rings is 1. The van der Waals surface area contributed by atoms with Crippen LogP contribution in [0, 0.1) is 13.8 Å². The summed E-state index contributed by atoms with van der Waals surface area (Å²) in [5, 5.41) is 6.25. The Bertz CT molecular complexity index is 1720. The zero-order valence-corrected chi connectivity index (χ0v) is 29.9. The minimum absolute atomic E-state index is 0.0552. The number of ether oxygens (including phenoxy) is 5. The van der Waals surface area contributed by atoms with Crippen LogP contribution in [0.1, 0.15) is 41.3 Å². The van der Waals surface area contributed by atoms with Crippen LogP contribution >= 0.6 is 0 Å². The van der Waals surface area contributed by atoms with E-state index in [0.29, 0.717) is 47.6 Å². The molecule has 1 saturated heterocycles. The van der Waals surface area contributed by atoms with E-state index >= 15 is 0 Å². The molecule has 3 aromatic carbocycles. The molecular weight excluding hydrogens is 636 g/mol. The number of rotatable bonds is 16. The molecule has 5 rings (SSSR count). The molecule has 50 heavy (non-hydrogen) atoms. The van der Waals surface area contributed by atoms with Crippen LogP contribution < -0.4 is 34.3 Å². The van der Waals surface area contributed by atoms with Crippen LogP contribution in [0.3, 0.4) is 0 Å². The highest BCUT2D eigenvalue weighted by molar-refractivity contribution is 6.06. The fraction of sp³-hybridized carbons (Fsp3) is 0.395. The van der Waals surface area contributed by atoms with Crippen LogP contribution in [0.15, 0.2) is 60.8 Å². The van der Waals surface area contributed by atoms with E-state index in [0.717, 1.165) is 62.4 Å². The first kappa shape index (κ1) is 36.2. The summed E-state index contributed by atoms with van der Waals surface area (Å²) in [6, 6.07) is 16.7. The van der Waals surface area contributed by atoms with Gasteiger partial charge in [0.2, 0.25) is 17.6 Å². The number of para-hydroxylation sites is 3. The second-order valence-corrected chi connectivity index (χ2v) is 12.2. The Morgan fingerprint density at radius 1 is 0.860 bits per heavy atom. The van der Waals surface area contributed by atoms with Crippen molar-refractivity contribution >= 4 is 23.2 Å². The molecular formula is C38H48N6O6. The van der Waals surface area contributed by atoms with Crippen molar-refractivity contribution in [2.45, 2.75) is 33.6 Å². The number of carbonyl (C=O) groups is 1. The van der Waals surface area contributed by atoms with Crippen LogP contribution in [0.4, 0.5) is 17.3 Å². The third-order valence-electron chi connectivity index (χ3n) is 8.41. The average Bonchev–Trinajstić information content (AvgIpc) is 3.12. The molecule has 0 aliphatic carbocycles. The number of aromatic nitrogens is 2. The molecule has 0 saturated carbocycles. The summed E-state index contributed by atoms with van der Waals surface area (Å²) in [5.41, 5.74) is 3.34. The summed E-state index contributed by atoms with van der Waals surface area (Å²) in [6.07, 6.45) is 3.14. The standard InChI is InChI=1S/C38H48N6O6/c1-7-21-48-30-14-8-9-15-31(30)50-37-29(36(45)41-34-26(2)12-10-13-27(34)3)25-39-38(42-37)40-28-23-32(46-5)35(47-6)33(24-28)49-22-11-16-44-19-17-43(4)18-20-44/h8-10,12-15,23-25H,7,11,16-22H2,1-6H3,(H,41,45)(H,39,40,42). The van der Waals surface area contributed by atoms with Gasteiger partial charge in [-0.3, -0.25) is 4.79 Å². The van der Waals surface area contributed by atoms with Gasteiger partial charge in [0.1, 0.15) is 5.56 Å². The van der Waals surface area contributed by atoms with Crippen molar-refractivity contribution in [2.24, 2.45) is 0 Å². The molecule has 1 aromatic heterocycles. The number of nitrogens with zero attached hydrogens (tertiary/aromatic N) is 4. The molecule has 266 valence electrons. The van der Waals surface area contributed by atoms with Gasteiger partial charge >= 0.3 is 0 Å². The Kier molecular flexibility index (Phi) is 12.7. The second-order valence-electron chi connectivity index (χ2n) is 12.2. The van der Waals surface area contributed by atoms with Crippen molar-refractivity contribution < 1.29 is 28.5 Å². The molecule has 4 aromatic rings. The van der Waals surface area contributed by atoms with Crippen LogP contribution in [0.25, 0.3) is 0 Å². The first-order chi connectivity index (χ1) is 24.3. The Morgan fingerprint density at radius 3 is 2.26 bits per heavy atom. The third kappa shape index (κ3) is 9.33. The number of likely N-dealkylation sites (N-methyl/N-ethyl adjacent to an activating group) is 1. The average molecular weight is 685 g/mol. The molecule has 1 amide bonds. The molecule has 2 N–H and O–H groups in total. The van der Waals surface area contributed by atoms with Gasteiger partial charge in [0.15, 0.2) is 23.0 Å². The first-order valence-corrected chi connectivity index (χ1v) is 17.0. The molecule has 0 unspecified atom stereocenters. The number of methoxy groups -OCH3 is 2. The third-order valence-corrected chi connectivity index (χ3v) is 8.41. The fourth-order valence-electron chi connectivity index (χ4n) is 5.60. The summed E-state index contributed by atoms with van der Waals surface area (Å²) < 4.78 is 29.8. The van der Waals surface area contributed by atoms with Gasteiger partial charge in [-0.25, -0.2) is 4.98 Å². The van der Waals surface area contributed by atoms with E-state index in [1.807, 2.05) is 63.2 Å². The number of nitrogens with one attached hydrogen (secondary N) is 2. The highest BCUT2D eigenvalue weighted by Gasteiger charge is 2.22.